The highest BCUT2D eigenvalue weighted by atomic mass is 16.4. The molecule has 0 bridgehead atoms. The first-order chi connectivity index (χ1) is 16.0. The Morgan fingerprint density at radius 1 is 0.939 bits per heavy atom. The fourth-order valence-electron chi connectivity index (χ4n) is 3.77. The number of carboxylic acid groups (broad SMARTS) is 1. The minimum Gasteiger partial charge on any atom is -0.478 e. The summed E-state index contributed by atoms with van der Waals surface area (Å²) in [5.74, 6) is -1.19. The van der Waals surface area contributed by atoms with Gasteiger partial charge in [0.15, 0.2) is 0 Å². The van der Waals surface area contributed by atoms with Gasteiger partial charge in [-0.1, -0.05) is 68.3 Å². The number of hydrogen-bond donors (Lipinski definition) is 3. The molecule has 0 heterocycles. The summed E-state index contributed by atoms with van der Waals surface area (Å²) in [7, 11) is 1.78. The number of carboxylic acids is 1. The lowest BCUT2D eigenvalue weighted by molar-refractivity contribution is -0.117. The van der Waals surface area contributed by atoms with Crippen molar-refractivity contribution in [2.75, 3.05) is 29.1 Å². The summed E-state index contributed by atoms with van der Waals surface area (Å²) >= 11 is 0. The lowest BCUT2D eigenvalue weighted by atomic mass is 10.1. The molecule has 0 radical (unpaired) electrons. The van der Waals surface area contributed by atoms with Crippen molar-refractivity contribution >= 4 is 34.6 Å². The van der Waals surface area contributed by atoms with E-state index in [2.05, 4.69) is 17.6 Å². The van der Waals surface area contributed by atoms with Gasteiger partial charge >= 0.3 is 5.97 Å². The molecule has 0 aliphatic rings. The maximum Gasteiger partial charge on any atom is 0.335 e. The third-order valence-electron chi connectivity index (χ3n) is 5.41. The van der Waals surface area contributed by atoms with Crippen LogP contribution in [0.15, 0.2) is 72.8 Å². The van der Waals surface area contributed by atoms with Gasteiger partial charge in [-0.3, -0.25) is 9.69 Å². The van der Waals surface area contributed by atoms with E-state index in [4.69, 9.17) is 0 Å². The monoisotopic (exact) mass is 445 g/mol. The smallest absolute Gasteiger partial charge is 0.335 e. The Labute approximate surface area is 195 Å². The number of benzene rings is 3. The average molecular weight is 446 g/mol. The lowest BCUT2D eigenvalue weighted by Crippen LogP contribution is -2.29. The second-order valence-corrected chi connectivity index (χ2v) is 7.83. The Morgan fingerprint density at radius 2 is 1.61 bits per heavy atom. The van der Waals surface area contributed by atoms with Crippen LogP contribution in [0.4, 0.5) is 22.7 Å². The number of aromatic carboxylic acids is 1. The van der Waals surface area contributed by atoms with Crippen LogP contribution in [0.25, 0.3) is 0 Å². The molecule has 3 N–H and O–H groups in total. The maximum absolute atomic E-state index is 13.6. The molecular weight excluding hydrogens is 414 g/mol. The number of nitrogens with zero attached hydrogens (tertiary/aromatic N) is 1. The fraction of sp³-hybridized carbons (Fsp3) is 0.259. The van der Waals surface area contributed by atoms with Crippen LogP contribution in [-0.4, -0.2) is 30.6 Å². The van der Waals surface area contributed by atoms with Gasteiger partial charge < -0.3 is 15.7 Å². The maximum atomic E-state index is 13.6. The molecule has 0 aliphatic carbocycles. The van der Waals surface area contributed by atoms with E-state index in [1.165, 1.54) is 0 Å². The summed E-state index contributed by atoms with van der Waals surface area (Å²) in [6, 6.07) is 22.0. The Kier molecular flexibility index (Phi) is 8.47. The van der Waals surface area contributed by atoms with Crippen molar-refractivity contribution in [1.29, 1.82) is 0 Å². The quantitative estimate of drug-likeness (QED) is 0.318. The van der Waals surface area contributed by atoms with E-state index in [9.17, 15) is 14.7 Å². The molecule has 6 nitrogen and oxygen atoms in total. The number of anilines is 4. The minimum atomic E-state index is -1.04. The molecule has 0 aliphatic heterocycles. The van der Waals surface area contributed by atoms with Crippen molar-refractivity contribution in [3.8, 4) is 0 Å². The average Bonchev–Trinajstić information content (AvgIpc) is 2.83. The summed E-state index contributed by atoms with van der Waals surface area (Å²) in [5, 5.41) is 16.3. The molecule has 0 saturated heterocycles. The molecule has 1 amide bonds. The van der Waals surface area contributed by atoms with E-state index < -0.39 is 5.97 Å². The Balaban J connectivity index is 2.10. The largest absolute Gasteiger partial charge is 0.478 e. The van der Waals surface area contributed by atoms with Crippen molar-refractivity contribution in [3.63, 3.8) is 0 Å². The van der Waals surface area contributed by atoms with Gasteiger partial charge in [0, 0.05) is 19.3 Å². The second kappa shape index (κ2) is 11.7. The van der Waals surface area contributed by atoms with Gasteiger partial charge in [-0.05, 0) is 36.2 Å². The van der Waals surface area contributed by atoms with Crippen molar-refractivity contribution in [1.82, 2.24) is 0 Å². The van der Waals surface area contributed by atoms with Crippen molar-refractivity contribution in [2.45, 2.75) is 32.6 Å². The molecule has 0 spiro atoms. The van der Waals surface area contributed by atoms with Gasteiger partial charge in [0.05, 0.1) is 29.0 Å². The fourth-order valence-corrected chi connectivity index (χ4v) is 3.77. The van der Waals surface area contributed by atoms with Crippen LogP contribution in [-0.2, 0) is 11.2 Å². The van der Waals surface area contributed by atoms with E-state index in [-0.39, 0.29) is 17.9 Å². The number of hydrogen-bond acceptors (Lipinski definition) is 4. The highest BCUT2D eigenvalue weighted by Gasteiger charge is 2.24. The van der Waals surface area contributed by atoms with Crippen LogP contribution < -0.4 is 15.5 Å². The molecule has 33 heavy (non-hydrogen) atoms. The van der Waals surface area contributed by atoms with Crippen molar-refractivity contribution < 1.29 is 14.7 Å². The first kappa shape index (κ1) is 23.9. The molecular formula is C27H31N3O3. The van der Waals surface area contributed by atoms with Gasteiger partial charge in [0.1, 0.15) is 0 Å². The Bertz CT molecular complexity index is 1070. The van der Waals surface area contributed by atoms with E-state index in [0.29, 0.717) is 29.3 Å². The van der Waals surface area contributed by atoms with Crippen LogP contribution in [0.2, 0.25) is 0 Å². The summed E-state index contributed by atoms with van der Waals surface area (Å²) in [6.45, 7) is 2.85. The normalized spacial score (nSPS) is 10.5. The molecule has 0 saturated carbocycles. The zero-order valence-electron chi connectivity index (χ0n) is 19.2. The Hall–Kier alpha value is -3.80. The predicted molar refractivity (Wildman–Crippen MR) is 135 cm³/mol. The molecule has 0 aromatic heterocycles. The minimum absolute atomic E-state index is 0.121. The summed E-state index contributed by atoms with van der Waals surface area (Å²) in [6.07, 6.45) is 3.34. The summed E-state index contributed by atoms with van der Waals surface area (Å²) < 4.78 is 0. The zero-order chi connectivity index (χ0) is 23.6. The molecule has 0 unspecified atom stereocenters. The van der Waals surface area contributed by atoms with Gasteiger partial charge in [0.25, 0.3) is 0 Å². The SMILES string of the molecule is CCCCCNc1cc(C(=O)O)cc(N(C(=O)Cc2ccccc2)c2ccccc2)c1NC. The highest BCUT2D eigenvalue weighted by molar-refractivity contribution is 6.07. The van der Waals surface area contributed by atoms with Crippen molar-refractivity contribution in [3.05, 3.63) is 83.9 Å². The van der Waals surface area contributed by atoms with Gasteiger partial charge in [-0.2, -0.15) is 0 Å². The van der Waals surface area contributed by atoms with Gasteiger partial charge in [-0.15, -0.1) is 0 Å². The van der Waals surface area contributed by atoms with Crippen LogP contribution >= 0.6 is 0 Å². The Morgan fingerprint density at radius 3 is 2.21 bits per heavy atom. The number of unbranched alkanes of at least 4 members (excludes halogenated alkanes) is 2. The molecule has 6 heteroatoms. The zero-order valence-corrected chi connectivity index (χ0v) is 19.2. The molecule has 172 valence electrons. The number of carbonyl (C=O) groups excluding carboxylic acids is 1. The molecule has 3 aromatic carbocycles. The third-order valence-corrected chi connectivity index (χ3v) is 5.41. The molecule has 0 atom stereocenters. The van der Waals surface area contributed by atoms with Crippen LogP contribution in [0.1, 0.15) is 42.1 Å². The first-order valence-corrected chi connectivity index (χ1v) is 11.3. The number of carbonyl (C=O) groups is 2. The highest BCUT2D eigenvalue weighted by Crippen LogP contribution is 2.39. The predicted octanol–water partition coefficient (Wildman–Crippen LogP) is 5.94. The molecule has 0 fully saturated rings. The van der Waals surface area contributed by atoms with E-state index in [0.717, 1.165) is 24.8 Å². The summed E-state index contributed by atoms with van der Waals surface area (Å²) in [5.41, 5.74) is 3.54. The third kappa shape index (κ3) is 6.13. The van der Waals surface area contributed by atoms with Gasteiger partial charge in [0.2, 0.25) is 5.91 Å². The van der Waals surface area contributed by atoms with Crippen molar-refractivity contribution in [2.24, 2.45) is 0 Å². The molecule has 3 rings (SSSR count). The van der Waals surface area contributed by atoms with Gasteiger partial charge in [-0.25, -0.2) is 4.79 Å². The standard InChI is InChI=1S/C27H31N3O3/c1-3-4-11-16-29-23-18-21(27(32)33)19-24(26(23)28-2)30(22-14-9-6-10-15-22)25(31)17-20-12-7-5-8-13-20/h5-10,12-15,18-19,28-29H,3-4,11,16-17H2,1-2H3,(H,32,33). The molecule has 3 aromatic rings. The second-order valence-electron chi connectivity index (χ2n) is 7.83. The van der Waals surface area contributed by atoms with E-state index in [1.54, 1.807) is 24.1 Å². The van der Waals surface area contributed by atoms with Crippen LogP contribution in [0, 0.1) is 0 Å². The first-order valence-electron chi connectivity index (χ1n) is 11.3. The number of amides is 1. The van der Waals surface area contributed by atoms with E-state index in [1.807, 2.05) is 60.7 Å². The lowest BCUT2D eigenvalue weighted by Gasteiger charge is -2.27. The number of rotatable bonds is 11. The van der Waals surface area contributed by atoms with Crippen LogP contribution in [0.5, 0.6) is 0 Å². The number of para-hydroxylation sites is 1. The number of nitrogens with one attached hydrogen (secondary N) is 2. The van der Waals surface area contributed by atoms with Crippen LogP contribution in [0.3, 0.4) is 0 Å². The summed E-state index contributed by atoms with van der Waals surface area (Å²) in [4.78, 5) is 27.2. The topological polar surface area (TPSA) is 81.7 Å². The van der Waals surface area contributed by atoms with E-state index >= 15 is 0 Å².